The fraction of sp³-hybridized carbons (Fsp3) is 0.235. The van der Waals surface area contributed by atoms with Crippen molar-refractivity contribution in [1.29, 1.82) is 0 Å². The zero-order valence-electron chi connectivity index (χ0n) is 12.3. The number of carbonyl (C=O) groups is 1. The molecule has 2 aromatic rings. The van der Waals surface area contributed by atoms with Crippen molar-refractivity contribution in [2.45, 2.75) is 25.2 Å². The molecule has 3 N–H and O–H groups in total. The summed E-state index contributed by atoms with van der Waals surface area (Å²) in [6.45, 7) is 4.17. The monoisotopic (exact) mass is 300 g/mol. The number of nitrogen functional groups attached to an aromatic ring is 1. The Morgan fingerprint density at radius 3 is 2.57 bits per heavy atom. The quantitative estimate of drug-likeness (QED) is 0.648. The molecule has 1 amide bonds. The minimum absolute atomic E-state index is 0.0255. The Hall–Kier alpha value is -1.94. The normalized spacial score (nSPS) is 10.4. The summed E-state index contributed by atoms with van der Waals surface area (Å²) >= 11 is 1.72. The first-order valence-electron chi connectivity index (χ1n) is 6.90. The summed E-state index contributed by atoms with van der Waals surface area (Å²) in [5.41, 5.74) is 9.59. The molecule has 0 aromatic heterocycles. The summed E-state index contributed by atoms with van der Waals surface area (Å²) in [6, 6.07) is 13.6. The van der Waals surface area contributed by atoms with E-state index in [0.29, 0.717) is 12.1 Å². The summed E-state index contributed by atoms with van der Waals surface area (Å²) in [4.78, 5) is 13.1. The van der Waals surface area contributed by atoms with Crippen LogP contribution in [-0.2, 0) is 4.79 Å². The molecular formula is C17H20N2OS. The van der Waals surface area contributed by atoms with Gasteiger partial charge in [0, 0.05) is 28.4 Å². The second kappa shape index (κ2) is 7.18. The number of hydrogen-bond acceptors (Lipinski definition) is 3. The lowest BCUT2D eigenvalue weighted by Crippen LogP contribution is -2.12. The Morgan fingerprint density at radius 1 is 1.14 bits per heavy atom. The van der Waals surface area contributed by atoms with E-state index in [1.165, 1.54) is 16.0 Å². The van der Waals surface area contributed by atoms with E-state index in [-0.39, 0.29) is 5.91 Å². The molecule has 0 unspecified atom stereocenters. The van der Waals surface area contributed by atoms with Crippen molar-refractivity contribution in [3.8, 4) is 0 Å². The van der Waals surface area contributed by atoms with Gasteiger partial charge in [-0.05, 0) is 49.7 Å². The summed E-state index contributed by atoms with van der Waals surface area (Å²) < 4.78 is 0. The molecule has 0 aliphatic heterocycles. The first-order chi connectivity index (χ1) is 10.0. The number of aryl methyl sites for hydroxylation is 2. The fourth-order valence-electron chi connectivity index (χ4n) is 1.91. The Morgan fingerprint density at radius 2 is 1.86 bits per heavy atom. The number of thioether (sulfide) groups is 1. The number of amides is 1. The highest BCUT2D eigenvalue weighted by atomic mass is 32.2. The number of rotatable bonds is 5. The van der Waals surface area contributed by atoms with Crippen LogP contribution in [0, 0.1) is 13.8 Å². The van der Waals surface area contributed by atoms with Gasteiger partial charge in [-0.25, -0.2) is 0 Å². The number of carbonyl (C=O) groups excluding carboxylic acids is 1. The van der Waals surface area contributed by atoms with Crippen molar-refractivity contribution < 1.29 is 4.79 Å². The maximum Gasteiger partial charge on any atom is 0.225 e. The maximum atomic E-state index is 11.9. The van der Waals surface area contributed by atoms with E-state index in [1.807, 2.05) is 12.1 Å². The number of nitrogens with one attached hydrogen (secondary N) is 1. The van der Waals surface area contributed by atoms with Crippen molar-refractivity contribution >= 4 is 29.0 Å². The third-order valence-corrected chi connectivity index (χ3v) is 4.28. The smallest absolute Gasteiger partial charge is 0.225 e. The average molecular weight is 300 g/mol. The SMILES string of the molecule is Cc1ccc(C)c(SCCC(=O)Nc2ccc(N)cc2)c1. The topological polar surface area (TPSA) is 55.1 Å². The van der Waals surface area contributed by atoms with E-state index in [4.69, 9.17) is 5.73 Å². The lowest BCUT2D eigenvalue weighted by atomic mass is 10.2. The lowest BCUT2D eigenvalue weighted by Gasteiger charge is -2.08. The number of nitrogens with two attached hydrogens (primary N) is 1. The highest BCUT2D eigenvalue weighted by Gasteiger charge is 2.04. The third kappa shape index (κ3) is 4.83. The van der Waals surface area contributed by atoms with E-state index < -0.39 is 0 Å². The maximum absolute atomic E-state index is 11.9. The Bertz CT molecular complexity index is 623. The second-order valence-electron chi connectivity index (χ2n) is 5.04. The molecule has 0 saturated heterocycles. The zero-order valence-corrected chi connectivity index (χ0v) is 13.2. The Balaban J connectivity index is 1.81. The van der Waals surface area contributed by atoms with E-state index in [9.17, 15) is 4.79 Å². The first-order valence-corrected chi connectivity index (χ1v) is 7.88. The molecule has 4 heteroatoms. The van der Waals surface area contributed by atoms with Crippen LogP contribution in [0.25, 0.3) is 0 Å². The number of benzene rings is 2. The molecule has 2 aromatic carbocycles. The van der Waals surface area contributed by atoms with Gasteiger partial charge in [-0.15, -0.1) is 11.8 Å². The van der Waals surface area contributed by atoms with E-state index in [1.54, 1.807) is 23.9 Å². The minimum Gasteiger partial charge on any atom is -0.399 e. The molecule has 0 heterocycles. The van der Waals surface area contributed by atoms with Crippen LogP contribution in [0.5, 0.6) is 0 Å². The molecule has 110 valence electrons. The molecule has 0 saturated carbocycles. The highest BCUT2D eigenvalue weighted by Crippen LogP contribution is 2.24. The summed E-state index contributed by atoms with van der Waals surface area (Å²) in [6.07, 6.45) is 0.489. The van der Waals surface area contributed by atoms with Gasteiger partial charge >= 0.3 is 0 Å². The molecule has 0 aliphatic rings. The standard InChI is InChI=1S/C17H20N2OS/c1-12-3-4-13(2)16(11-12)21-10-9-17(20)19-15-7-5-14(18)6-8-15/h3-8,11H,9-10,18H2,1-2H3,(H,19,20). The highest BCUT2D eigenvalue weighted by molar-refractivity contribution is 7.99. The fourth-order valence-corrected chi connectivity index (χ4v) is 2.98. The molecule has 2 rings (SSSR count). The molecule has 0 bridgehead atoms. The molecule has 21 heavy (non-hydrogen) atoms. The van der Waals surface area contributed by atoms with Crippen LogP contribution >= 0.6 is 11.8 Å². The Labute approximate surface area is 129 Å². The summed E-state index contributed by atoms with van der Waals surface area (Å²) in [5.74, 6) is 0.794. The largest absolute Gasteiger partial charge is 0.399 e. The summed E-state index contributed by atoms with van der Waals surface area (Å²) in [7, 11) is 0. The van der Waals surface area contributed by atoms with Crippen molar-refractivity contribution in [3.05, 3.63) is 53.6 Å². The van der Waals surface area contributed by atoms with Gasteiger partial charge in [-0.2, -0.15) is 0 Å². The lowest BCUT2D eigenvalue weighted by molar-refractivity contribution is -0.115. The third-order valence-electron chi connectivity index (χ3n) is 3.12. The van der Waals surface area contributed by atoms with Crippen LogP contribution < -0.4 is 11.1 Å². The van der Waals surface area contributed by atoms with Crippen LogP contribution in [0.4, 0.5) is 11.4 Å². The molecule has 0 aliphatic carbocycles. The predicted octanol–water partition coefficient (Wildman–Crippen LogP) is 4.01. The van der Waals surface area contributed by atoms with Crippen molar-refractivity contribution in [2.75, 3.05) is 16.8 Å². The van der Waals surface area contributed by atoms with E-state index in [2.05, 4.69) is 37.4 Å². The van der Waals surface area contributed by atoms with Crippen LogP contribution in [0.15, 0.2) is 47.4 Å². The molecule has 0 radical (unpaired) electrons. The van der Waals surface area contributed by atoms with Crippen LogP contribution in [0.1, 0.15) is 17.5 Å². The van der Waals surface area contributed by atoms with Crippen molar-refractivity contribution in [3.63, 3.8) is 0 Å². The van der Waals surface area contributed by atoms with Crippen LogP contribution in [0.2, 0.25) is 0 Å². The van der Waals surface area contributed by atoms with E-state index in [0.717, 1.165) is 11.4 Å². The van der Waals surface area contributed by atoms with Crippen molar-refractivity contribution in [2.24, 2.45) is 0 Å². The van der Waals surface area contributed by atoms with Crippen LogP contribution in [0.3, 0.4) is 0 Å². The molecule has 0 atom stereocenters. The van der Waals surface area contributed by atoms with Crippen molar-refractivity contribution in [1.82, 2.24) is 0 Å². The number of anilines is 2. The average Bonchev–Trinajstić information content (AvgIpc) is 2.45. The zero-order chi connectivity index (χ0) is 15.2. The Kier molecular flexibility index (Phi) is 5.28. The molecular weight excluding hydrogens is 280 g/mol. The van der Waals surface area contributed by atoms with Gasteiger partial charge in [0.1, 0.15) is 0 Å². The van der Waals surface area contributed by atoms with Crippen LogP contribution in [-0.4, -0.2) is 11.7 Å². The molecule has 0 fully saturated rings. The van der Waals surface area contributed by atoms with Gasteiger partial charge in [-0.3, -0.25) is 4.79 Å². The van der Waals surface area contributed by atoms with Gasteiger partial charge < -0.3 is 11.1 Å². The van der Waals surface area contributed by atoms with Gasteiger partial charge in [-0.1, -0.05) is 17.7 Å². The van der Waals surface area contributed by atoms with Gasteiger partial charge in [0.15, 0.2) is 0 Å². The van der Waals surface area contributed by atoms with E-state index >= 15 is 0 Å². The van der Waals surface area contributed by atoms with Gasteiger partial charge in [0.2, 0.25) is 5.91 Å². The minimum atomic E-state index is 0.0255. The molecule has 0 spiro atoms. The van der Waals surface area contributed by atoms with Gasteiger partial charge in [0.25, 0.3) is 0 Å². The number of hydrogen-bond donors (Lipinski definition) is 2. The van der Waals surface area contributed by atoms with Gasteiger partial charge in [0.05, 0.1) is 0 Å². The predicted molar refractivity (Wildman–Crippen MR) is 90.7 cm³/mol. The summed E-state index contributed by atoms with van der Waals surface area (Å²) in [5, 5.41) is 2.87. The second-order valence-corrected chi connectivity index (χ2v) is 6.17. The first kappa shape index (κ1) is 15.4. The molecule has 3 nitrogen and oxygen atoms in total.